The van der Waals surface area contributed by atoms with Gasteiger partial charge in [-0.15, -0.1) is 0 Å². The molecule has 0 N–H and O–H groups in total. The van der Waals surface area contributed by atoms with Gasteiger partial charge in [0.2, 0.25) is 6.23 Å². The highest BCUT2D eigenvalue weighted by atomic mass is 35.5. The predicted molar refractivity (Wildman–Crippen MR) is 121 cm³/mol. The largest absolute Gasteiger partial charge is 0.464 e. The molecule has 30 heavy (non-hydrogen) atoms. The van der Waals surface area contributed by atoms with Gasteiger partial charge in [-0.25, -0.2) is 5.01 Å². The molecule has 2 unspecified atom stereocenters. The van der Waals surface area contributed by atoms with Crippen molar-refractivity contribution in [3.8, 4) is 5.75 Å². The number of benzene rings is 4. The summed E-state index contributed by atoms with van der Waals surface area (Å²) in [4.78, 5) is 0. The van der Waals surface area contributed by atoms with Crippen molar-refractivity contribution in [3.63, 3.8) is 0 Å². The molecule has 0 saturated carbocycles. The van der Waals surface area contributed by atoms with Crippen LogP contribution in [-0.2, 0) is 0 Å². The third kappa shape index (κ3) is 2.70. The Labute approximate surface area is 180 Å². The molecule has 0 amide bonds. The molecule has 3 nitrogen and oxygen atoms in total. The average Bonchev–Trinajstić information content (AvgIpc) is 3.24. The van der Waals surface area contributed by atoms with E-state index < -0.39 is 0 Å². The summed E-state index contributed by atoms with van der Waals surface area (Å²) in [5.74, 6) is 0.901. The van der Waals surface area contributed by atoms with Crippen molar-refractivity contribution in [2.75, 3.05) is 0 Å². The molecule has 2 aliphatic rings. The third-order valence-corrected chi connectivity index (χ3v) is 6.32. The van der Waals surface area contributed by atoms with E-state index >= 15 is 0 Å². The van der Waals surface area contributed by atoms with Gasteiger partial charge in [0.05, 0.1) is 11.8 Å². The minimum absolute atomic E-state index is 0.116. The molecule has 2 heterocycles. The van der Waals surface area contributed by atoms with Crippen molar-refractivity contribution in [2.45, 2.75) is 18.7 Å². The van der Waals surface area contributed by atoms with Gasteiger partial charge in [0.25, 0.3) is 0 Å². The molecule has 2 aliphatic heterocycles. The standard InChI is InChI=1S/C26H19ClN2O/c27-22-14-5-3-11-20(22)26-29-24(21-12-4-6-15-25(21)30-26)16-23(28-29)19-13-7-9-17-8-1-2-10-18(17)19/h1-15,24,26H,16H2. The second kappa shape index (κ2) is 6.89. The van der Waals surface area contributed by atoms with Gasteiger partial charge < -0.3 is 4.74 Å². The summed E-state index contributed by atoms with van der Waals surface area (Å²) in [5, 5.41) is 10.3. The van der Waals surface area contributed by atoms with Crippen LogP contribution >= 0.6 is 11.6 Å². The van der Waals surface area contributed by atoms with Gasteiger partial charge in [-0.05, 0) is 22.9 Å². The van der Waals surface area contributed by atoms with Crippen molar-refractivity contribution < 1.29 is 4.74 Å². The summed E-state index contributed by atoms with van der Waals surface area (Å²) >= 11 is 6.55. The van der Waals surface area contributed by atoms with Crippen LogP contribution in [0.25, 0.3) is 10.8 Å². The van der Waals surface area contributed by atoms with Crippen molar-refractivity contribution in [3.05, 3.63) is 113 Å². The van der Waals surface area contributed by atoms with E-state index in [1.165, 1.54) is 21.9 Å². The van der Waals surface area contributed by atoms with E-state index in [0.717, 1.165) is 23.4 Å². The van der Waals surface area contributed by atoms with Crippen LogP contribution in [0.1, 0.15) is 35.4 Å². The maximum absolute atomic E-state index is 6.55. The molecule has 6 rings (SSSR count). The topological polar surface area (TPSA) is 24.8 Å². The summed E-state index contributed by atoms with van der Waals surface area (Å²) in [7, 11) is 0. The molecule has 0 fully saturated rings. The number of ether oxygens (including phenoxy) is 1. The maximum atomic E-state index is 6.55. The lowest BCUT2D eigenvalue weighted by Crippen LogP contribution is -2.33. The quantitative estimate of drug-likeness (QED) is 0.365. The zero-order valence-corrected chi connectivity index (χ0v) is 17.0. The molecule has 0 bridgehead atoms. The summed E-state index contributed by atoms with van der Waals surface area (Å²) in [6, 6.07) is 31.1. The van der Waals surface area contributed by atoms with Gasteiger partial charge in [-0.1, -0.05) is 90.5 Å². The van der Waals surface area contributed by atoms with Crippen LogP contribution in [-0.4, -0.2) is 10.7 Å². The first-order valence-corrected chi connectivity index (χ1v) is 10.5. The van der Waals surface area contributed by atoms with E-state index in [1.54, 1.807) is 0 Å². The molecule has 4 aromatic carbocycles. The fourth-order valence-corrected chi connectivity index (χ4v) is 4.78. The fraction of sp³-hybridized carbons (Fsp3) is 0.115. The van der Waals surface area contributed by atoms with Gasteiger partial charge in [-0.3, -0.25) is 0 Å². The number of halogens is 1. The Hall–Kier alpha value is -3.30. The van der Waals surface area contributed by atoms with Crippen molar-refractivity contribution in [1.82, 2.24) is 5.01 Å². The molecule has 2 atom stereocenters. The highest BCUT2D eigenvalue weighted by Crippen LogP contribution is 2.48. The first-order valence-electron chi connectivity index (χ1n) is 10.1. The Morgan fingerprint density at radius 2 is 1.53 bits per heavy atom. The van der Waals surface area contributed by atoms with Crippen LogP contribution in [0.15, 0.2) is 96.1 Å². The number of hydrazone groups is 1. The highest BCUT2D eigenvalue weighted by Gasteiger charge is 2.41. The molecular formula is C26H19ClN2O. The van der Waals surface area contributed by atoms with Crippen molar-refractivity contribution in [2.24, 2.45) is 5.10 Å². The molecule has 0 aromatic heterocycles. The molecule has 0 radical (unpaired) electrons. The zero-order valence-electron chi connectivity index (χ0n) is 16.2. The third-order valence-electron chi connectivity index (χ3n) is 5.97. The van der Waals surface area contributed by atoms with Gasteiger partial charge in [0, 0.05) is 28.1 Å². The number of nitrogens with zero attached hydrogens (tertiary/aromatic N) is 2. The molecular weight excluding hydrogens is 392 g/mol. The molecule has 4 aromatic rings. The Morgan fingerprint density at radius 3 is 2.43 bits per heavy atom. The van der Waals surface area contributed by atoms with E-state index in [9.17, 15) is 0 Å². The monoisotopic (exact) mass is 410 g/mol. The second-order valence-corrected chi connectivity index (χ2v) is 8.11. The van der Waals surface area contributed by atoms with Crippen LogP contribution in [0.2, 0.25) is 5.02 Å². The molecule has 0 aliphatic carbocycles. The number of hydrogen-bond acceptors (Lipinski definition) is 3. The lowest BCUT2D eigenvalue weighted by Gasteiger charge is -2.38. The number of rotatable bonds is 2. The Morgan fingerprint density at radius 1 is 0.800 bits per heavy atom. The van der Waals surface area contributed by atoms with Gasteiger partial charge in [0.1, 0.15) is 5.75 Å². The smallest absolute Gasteiger partial charge is 0.215 e. The van der Waals surface area contributed by atoms with E-state index in [4.69, 9.17) is 21.4 Å². The summed E-state index contributed by atoms with van der Waals surface area (Å²) in [6.45, 7) is 0. The van der Waals surface area contributed by atoms with Crippen LogP contribution in [0.5, 0.6) is 5.75 Å². The molecule has 4 heteroatoms. The molecule has 0 spiro atoms. The minimum atomic E-state index is -0.355. The summed E-state index contributed by atoms with van der Waals surface area (Å²) in [6.07, 6.45) is 0.473. The molecule has 146 valence electrons. The van der Waals surface area contributed by atoms with Crippen molar-refractivity contribution in [1.29, 1.82) is 0 Å². The van der Waals surface area contributed by atoms with Crippen LogP contribution in [0, 0.1) is 0 Å². The van der Waals surface area contributed by atoms with E-state index in [2.05, 4.69) is 59.6 Å². The first kappa shape index (κ1) is 17.5. The van der Waals surface area contributed by atoms with Gasteiger partial charge in [-0.2, -0.15) is 5.10 Å². The highest BCUT2D eigenvalue weighted by molar-refractivity contribution is 6.31. The predicted octanol–water partition coefficient (Wildman–Crippen LogP) is 6.74. The Balaban J connectivity index is 1.51. The van der Waals surface area contributed by atoms with Crippen LogP contribution in [0.3, 0.4) is 0 Å². The number of hydrogen-bond donors (Lipinski definition) is 0. The van der Waals surface area contributed by atoms with Crippen LogP contribution in [0.4, 0.5) is 0 Å². The molecule has 0 saturated heterocycles. The minimum Gasteiger partial charge on any atom is -0.464 e. The normalized spacial score (nSPS) is 19.8. The summed E-state index contributed by atoms with van der Waals surface area (Å²) < 4.78 is 6.42. The first-order chi connectivity index (χ1) is 14.8. The lowest BCUT2D eigenvalue weighted by atomic mass is 9.93. The zero-order chi connectivity index (χ0) is 20.1. The fourth-order valence-electron chi connectivity index (χ4n) is 4.55. The average molecular weight is 411 g/mol. The van der Waals surface area contributed by atoms with E-state index in [-0.39, 0.29) is 12.3 Å². The SMILES string of the molecule is Clc1ccccc1C1Oc2ccccc2C2CC(c3cccc4ccccc34)=NN21. The van der Waals surface area contributed by atoms with Gasteiger partial charge >= 0.3 is 0 Å². The van der Waals surface area contributed by atoms with Gasteiger partial charge in [0.15, 0.2) is 0 Å². The Kier molecular flexibility index (Phi) is 4.03. The van der Waals surface area contributed by atoms with E-state index in [1.807, 2.05) is 36.4 Å². The number of para-hydroxylation sites is 1. The second-order valence-electron chi connectivity index (χ2n) is 7.70. The van der Waals surface area contributed by atoms with Crippen molar-refractivity contribution >= 4 is 28.1 Å². The Bertz CT molecular complexity index is 1290. The van der Waals surface area contributed by atoms with E-state index in [0.29, 0.717) is 5.02 Å². The summed E-state index contributed by atoms with van der Waals surface area (Å²) in [5.41, 5.74) is 4.36. The maximum Gasteiger partial charge on any atom is 0.215 e. The lowest BCUT2D eigenvalue weighted by molar-refractivity contribution is -0.0189. The van der Waals surface area contributed by atoms with Crippen LogP contribution < -0.4 is 4.74 Å². The number of fused-ring (bicyclic) bond motifs is 4.